The number of carbonyl (C=O) groups is 1. The molecule has 21 heavy (non-hydrogen) atoms. The minimum atomic E-state index is -1.01. The van der Waals surface area contributed by atoms with Crippen LogP contribution in [0.1, 0.15) is 15.9 Å². The van der Waals surface area contributed by atoms with Crippen molar-refractivity contribution in [1.29, 1.82) is 0 Å². The molecule has 106 valence electrons. The monoisotopic (exact) mass is 318 g/mol. The third-order valence-electron chi connectivity index (χ3n) is 3.11. The molecule has 0 bridgehead atoms. The molecule has 0 aliphatic rings. The van der Waals surface area contributed by atoms with Gasteiger partial charge in [-0.1, -0.05) is 29.8 Å². The highest BCUT2D eigenvalue weighted by atomic mass is 35.5. The van der Waals surface area contributed by atoms with Gasteiger partial charge in [0.25, 0.3) is 0 Å². The molecule has 0 aliphatic carbocycles. The fourth-order valence-corrected chi connectivity index (χ4v) is 3.14. The molecule has 4 nitrogen and oxygen atoms in total. The van der Waals surface area contributed by atoms with Gasteiger partial charge in [-0.2, -0.15) is 5.10 Å². The molecule has 0 saturated heterocycles. The van der Waals surface area contributed by atoms with Crippen LogP contribution in [-0.2, 0) is 0 Å². The van der Waals surface area contributed by atoms with Gasteiger partial charge in [-0.05, 0) is 30.7 Å². The molecular formula is C15H11ClN2O2S. The number of hydrogen-bond donors (Lipinski definition) is 1. The van der Waals surface area contributed by atoms with Gasteiger partial charge in [-0.25, -0.2) is 9.48 Å². The van der Waals surface area contributed by atoms with E-state index in [1.54, 1.807) is 16.8 Å². The minimum absolute atomic E-state index is 0.164. The number of rotatable bonds is 3. The summed E-state index contributed by atoms with van der Waals surface area (Å²) in [4.78, 5) is 12.2. The summed E-state index contributed by atoms with van der Waals surface area (Å²) < 4.78 is 2.20. The van der Waals surface area contributed by atoms with E-state index in [4.69, 9.17) is 11.6 Å². The van der Waals surface area contributed by atoms with Crippen LogP contribution in [0.3, 0.4) is 0 Å². The molecule has 0 fully saturated rings. The number of carboxylic acids is 1. The summed E-state index contributed by atoms with van der Waals surface area (Å²) in [5, 5.41) is 13.8. The van der Waals surface area contributed by atoms with E-state index >= 15 is 0 Å². The fourth-order valence-electron chi connectivity index (χ4n) is 2.10. The lowest BCUT2D eigenvalue weighted by Gasteiger charge is -2.04. The number of aromatic nitrogens is 2. The molecular weight excluding hydrogens is 308 g/mol. The lowest BCUT2D eigenvalue weighted by atomic mass is 10.2. The molecule has 1 aromatic carbocycles. The standard InChI is InChI=1S/C15H11ClN2O2S/c1-9-4-2-3-5-11(9)18-8-10(15(19)20)14(17-18)12-6-7-13(16)21-12/h2-8H,1H3,(H,19,20). The van der Waals surface area contributed by atoms with Gasteiger partial charge in [0.1, 0.15) is 11.3 Å². The first kappa shape index (κ1) is 13.9. The first-order valence-corrected chi connectivity index (χ1v) is 7.40. The van der Waals surface area contributed by atoms with E-state index in [1.165, 1.54) is 17.5 Å². The van der Waals surface area contributed by atoms with Crippen LogP contribution < -0.4 is 0 Å². The Kier molecular flexibility index (Phi) is 3.53. The Hall–Kier alpha value is -2.11. The molecule has 0 spiro atoms. The van der Waals surface area contributed by atoms with Gasteiger partial charge in [0.2, 0.25) is 0 Å². The minimum Gasteiger partial charge on any atom is -0.478 e. The second kappa shape index (κ2) is 5.35. The smallest absolute Gasteiger partial charge is 0.339 e. The predicted molar refractivity (Wildman–Crippen MR) is 83.6 cm³/mol. The van der Waals surface area contributed by atoms with Gasteiger partial charge in [-0.15, -0.1) is 11.3 Å². The lowest BCUT2D eigenvalue weighted by Crippen LogP contribution is -1.97. The Labute approximate surface area is 130 Å². The van der Waals surface area contributed by atoms with Crippen LogP contribution in [0.15, 0.2) is 42.6 Å². The molecule has 1 N–H and O–H groups in total. The van der Waals surface area contributed by atoms with Crippen LogP contribution >= 0.6 is 22.9 Å². The van der Waals surface area contributed by atoms with Gasteiger partial charge in [0.15, 0.2) is 0 Å². The van der Waals surface area contributed by atoms with Crippen molar-refractivity contribution in [2.75, 3.05) is 0 Å². The first-order valence-electron chi connectivity index (χ1n) is 6.21. The Bertz CT molecular complexity index is 823. The topological polar surface area (TPSA) is 55.1 Å². The second-order valence-electron chi connectivity index (χ2n) is 4.53. The van der Waals surface area contributed by atoms with Crippen LogP contribution in [0.2, 0.25) is 4.34 Å². The summed E-state index contributed by atoms with van der Waals surface area (Å²) >= 11 is 7.24. The maximum Gasteiger partial charge on any atom is 0.339 e. The highest BCUT2D eigenvalue weighted by Gasteiger charge is 2.19. The first-order chi connectivity index (χ1) is 10.1. The number of benzene rings is 1. The van der Waals surface area contributed by atoms with Gasteiger partial charge in [0.05, 0.1) is 14.9 Å². The normalized spacial score (nSPS) is 10.8. The van der Waals surface area contributed by atoms with Crippen molar-refractivity contribution in [3.63, 3.8) is 0 Å². The number of para-hydroxylation sites is 1. The lowest BCUT2D eigenvalue weighted by molar-refractivity contribution is 0.0697. The van der Waals surface area contributed by atoms with Gasteiger partial charge >= 0.3 is 5.97 Å². The molecule has 0 unspecified atom stereocenters. The highest BCUT2D eigenvalue weighted by molar-refractivity contribution is 7.19. The molecule has 3 aromatic rings. The predicted octanol–water partition coefficient (Wildman–Crippen LogP) is 4.26. The number of aryl methyl sites for hydroxylation is 1. The molecule has 2 heterocycles. The van der Waals surface area contributed by atoms with Gasteiger partial charge in [-0.3, -0.25) is 0 Å². The van der Waals surface area contributed by atoms with Crippen LogP contribution in [-0.4, -0.2) is 20.9 Å². The summed E-state index contributed by atoms with van der Waals surface area (Å²) in [5.74, 6) is -1.01. The Morgan fingerprint density at radius 1 is 1.29 bits per heavy atom. The number of thiophene rings is 1. The number of aromatic carboxylic acids is 1. The van der Waals surface area contributed by atoms with Crippen molar-refractivity contribution >= 4 is 28.9 Å². The summed E-state index contributed by atoms with van der Waals surface area (Å²) in [6.07, 6.45) is 1.54. The average molecular weight is 319 g/mol. The fraction of sp³-hybridized carbons (Fsp3) is 0.0667. The molecule has 0 aliphatic heterocycles. The number of hydrogen-bond acceptors (Lipinski definition) is 3. The van der Waals surface area contributed by atoms with Crippen LogP contribution in [0.25, 0.3) is 16.3 Å². The molecule has 0 radical (unpaired) electrons. The van der Waals surface area contributed by atoms with E-state index in [0.717, 1.165) is 16.1 Å². The van der Waals surface area contributed by atoms with Crippen molar-refractivity contribution in [3.05, 3.63) is 58.1 Å². The van der Waals surface area contributed by atoms with Crippen LogP contribution in [0.5, 0.6) is 0 Å². The van der Waals surface area contributed by atoms with Crippen molar-refractivity contribution in [2.24, 2.45) is 0 Å². The maximum atomic E-state index is 11.4. The third kappa shape index (κ3) is 2.57. The SMILES string of the molecule is Cc1ccccc1-n1cc(C(=O)O)c(-c2ccc(Cl)s2)n1. The van der Waals surface area contributed by atoms with Crippen LogP contribution in [0.4, 0.5) is 0 Å². The summed E-state index contributed by atoms with van der Waals surface area (Å²) in [5.41, 5.74) is 2.47. The zero-order chi connectivity index (χ0) is 15.0. The van der Waals surface area contributed by atoms with Crippen LogP contribution in [0, 0.1) is 6.92 Å². The highest BCUT2D eigenvalue weighted by Crippen LogP contribution is 2.32. The van der Waals surface area contributed by atoms with Crippen molar-refractivity contribution in [1.82, 2.24) is 9.78 Å². The summed E-state index contributed by atoms with van der Waals surface area (Å²) in [6.45, 7) is 1.96. The summed E-state index contributed by atoms with van der Waals surface area (Å²) in [6, 6.07) is 11.2. The van der Waals surface area contributed by atoms with E-state index < -0.39 is 5.97 Å². The molecule has 0 saturated carbocycles. The van der Waals surface area contributed by atoms with Crippen molar-refractivity contribution in [3.8, 4) is 16.3 Å². The number of halogens is 1. The second-order valence-corrected chi connectivity index (χ2v) is 6.25. The number of nitrogens with zero attached hydrogens (tertiary/aromatic N) is 2. The van der Waals surface area contributed by atoms with E-state index in [1.807, 2.05) is 31.2 Å². The van der Waals surface area contributed by atoms with E-state index in [0.29, 0.717) is 10.0 Å². The molecule has 0 atom stereocenters. The molecule has 6 heteroatoms. The van der Waals surface area contributed by atoms with E-state index in [-0.39, 0.29) is 5.56 Å². The Morgan fingerprint density at radius 2 is 2.05 bits per heavy atom. The Morgan fingerprint density at radius 3 is 2.67 bits per heavy atom. The van der Waals surface area contributed by atoms with Crippen molar-refractivity contribution < 1.29 is 9.90 Å². The Balaban J connectivity index is 2.18. The summed E-state index contributed by atoms with van der Waals surface area (Å²) in [7, 11) is 0. The molecule has 0 amide bonds. The van der Waals surface area contributed by atoms with E-state index in [9.17, 15) is 9.90 Å². The van der Waals surface area contributed by atoms with E-state index in [2.05, 4.69) is 5.10 Å². The number of carboxylic acid groups (broad SMARTS) is 1. The molecule has 3 rings (SSSR count). The maximum absolute atomic E-state index is 11.4. The third-order valence-corrected chi connectivity index (χ3v) is 4.35. The quantitative estimate of drug-likeness (QED) is 0.785. The largest absolute Gasteiger partial charge is 0.478 e. The zero-order valence-corrected chi connectivity index (χ0v) is 12.6. The van der Waals surface area contributed by atoms with Gasteiger partial charge in [0, 0.05) is 6.20 Å². The molecule has 2 aromatic heterocycles. The van der Waals surface area contributed by atoms with Crippen molar-refractivity contribution in [2.45, 2.75) is 6.92 Å². The average Bonchev–Trinajstić information content (AvgIpc) is 3.05. The van der Waals surface area contributed by atoms with Gasteiger partial charge < -0.3 is 5.11 Å². The zero-order valence-electron chi connectivity index (χ0n) is 11.1.